The SMILES string of the molecule is Nc1cnc(-c2ncccc2-c2ccccn2)c(N)c1N. The van der Waals surface area contributed by atoms with Crippen LogP contribution in [0, 0.1) is 0 Å². The molecular weight excluding hydrogens is 264 g/mol. The topological polar surface area (TPSA) is 117 Å². The molecule has 6 N–H and O–H groups in total. The molecule has 0 aliphatic heterocycles. The zero-order valence-corrected chi connectivity index (χ0v) is 11.2. The van der Waals surface area contributed by atoms with Crippen LogP contribution in [0.5, 0.6) is 0 Å². The lowest BCUT2D eigenvalue weighted by atomic mass is 10.0. The van der Waals surface area contributed by atoms with Gasteiger partial charge in [0.05, 0.1) is 29.0 Å². The predicted molar refractivity (Wildman–Crippen MR) is 83.9 cm³/mol. The van der Waals surface area contributed by atoms with Crippen molar-refractivity contribution in [2.24, 2.45) is 0 Å². The zero-order chi connectivity index (χ0) is 14.8. The van der Waals surface area contributed by atoms with Crippen molar-refractivity contribution in [2.75, 3.05) is 17.2 Å². The van der Waals surface area contributed by atoms with Crippen molar-refractivity contribution < 1.29 is 0 Å². The van der Waals surface area contributed by atoms with Gasteiger partial charge in [-0.3, -0.25) is 15.0 Å². The monoisotopic (exact) mass is 278 g/mol. The van der Waals surface area contributed by atoms with Crippen LogP contribution in [0.2, 0.25) is 0 Å². The molecule has 3 aromatic heterocycles. The van der Waals surface area contributed by atoms with E-state index in [1.54, 1.807) is 12.4 Å². The lowest BCUT2D eigenvalue weighted by molar-refractivity contribution is 1.24. The molecule has 0 bridgehead atoms. The highest BCUT2D eigenvalue weighted by atomic mass is 14.9. The van der Waals surface area contributed by atoms with Crippen molar-refractivity contribution in [3.05, 3.63) is 48.9 Å². The van der Waals surface area contributed by atoms with Gasteiger partial charge in [0.15, 0.2) is 0 Å². The molecule has 0 amide bonds. The molecule has 0 fully saturated rings. The Kier molecular flexibility index (Phi) is 3.12. The third-order valence-electron chi connectivity index (χ3n) is 3.16. The Morgan fingerprint density at radius 1 is 0.714 bits per heavy atom. The molecule has 0 aromatic carbocycles. The molecule has 3 heterocycles. The van der Waals surface area contributed by atoms with Crippen LogP contribution in [0.3, 0.4) is 0 Å². The first-order valence-electron chi connectivity index (χ1n) is 6.34. The second-order valence-corrected chi connectivity index (χ2v) is 4.50. The van der Waals surface area contributed by atoms with Crippen molar-refractivity contribution >= 4 is 17.1 Å². The number of aromatic nitrogens is 3. The van der Waals surface area contributed by atoms with Gasteiger partial charge in [-0.1, -0.05) is 6.07 Å². The first-order valence-corrected chi connectivity index (χ1v) is 6.34. The number of hydrogen-bond acceptors (Lipinski definition) is 6. The molecule has 0 aliphatic carbocycles. The number of nitrogens with zero attached hydrogens (tertiary/aromatic N) is 3. The third kappa shape index (κ3) is 2.23. The van der Waals surface area contributed by atoms with Crippen molar-refractivity contribution in [1.82, 2.24) is 15.0 Å². The van der Waals surface area contributed by atoms with Crippen LogP contribution >= 0.6 is 0 Å². The Morgan fingerprint density at radius 2 is 1.52 bits per heavy atom. The Balaban J connectivity index is 2.23. The average molecular weight is 278 g/mol. The normalized spacial score (nSPS) is 10.5. The molecule has 3 aromatic rings. The maximum Gasteiger partial charge on any atom is 0.114 e. The largest absolute Gasteiger partial charge is 0.396 e. The number of pyridine rings is 3. The molecule has 0 unspecified atom stereocenters. The van der Waals surface area contributed by atoms with Crippen LogP contribution < -0.4 is 17.2 Å². The van der Waals surface area contributed by atoms with Crippen LogP contribution in [0.15, 0.2) is 48.9 Å². The van der Waals surface area contributed by atoms with Gasteiger partial charge < -0.3 is 17.2 Å². The second-order valence-electron chi connectivity index (χ2n) is 4.50. The van der Waals surface area contributed by atoms with Crippen molar-refractivity contribution in [3.8, 4) is 22.6 Å². The van der Waals surface area contributed by atoms with E-state index in [0.717, 1.165) is 11.3 Å². The summed E-state index contributed by atoms with van der Waals surface area (Å²) in [6.07, 6.45) is 4.88. The quantitative estimate of drug-likeness (QED) is 0.659. The van der Waals surface area contributed by atoms with Crippen LogP contribution in [-0.2, 0) is 0 Å². The van der Waals surface area contributed by atoms with E-state index in [9.17, 15) is 0 Å². The minimum Gasteiger partial charge on any atom is -0.396 e. The molecule has 6 nitrogen and oxygen atoms in total. The summed E-state index contributed by atoms with van der Waals surface area (Å²) in [5, 5.41) is 0. The van der Waals surface area contributed by atoms with E-state index in [-0.39, 0.29) is 0 Å². The lowest BCUT2D eigenvalue weighted by Gasteiger charge is -2.12. The highest BCUT2D eigenvalue weighted by Gasteiger charge is 2.15. The lowest BCUT2D eigenvalue weighted by Crippen LogP contribution is -2.05. The van der Waals surface area contributed by atoms with Crippen LogP contribution in [0.4, 0.5) is 17.1 Å². The molecule has 0 atom stereocenters. The van der Waals surface area contributed by atoms with Gasteiger partial charge in [-0.15, -0.1) is 0 Å². The molecular formula is C15H14N6. The van der Waals surface area contributed by atoms with E-state index in [0.29, 0.717) is 28.5 Å². The molecule has 6 heteroatoms. The van der Waals surface area contributed by atoms with Gasteiger partial charge in [0.2, 0.25) is 0 Å². The number of nitrogen functional groups attached to an aromatic ring is 3. The fourth-order valence-electron chi connectivity index (χ4n) is 2.07. The summed E-state index contributed by atoms with van der Waals surface area (Å²) in [5.41, 5.74) is 21.4. The molecule has 0 saturated heterocycles. The Morgan fingerprint density at radius 3 is 2.29 bits per heavy atom. The fourth-order valence-corrected chi connectivity index (χ4v) is 2.07. The average Bonchev–Trinajstić information content (AvgIpc) is 2.54. The molecule has 0 aliphatic rings. The molecule has 0 spiro atoms. The maximum atomic E-state index is 6.03. The molecule has 0 radical (unpaired) electrons. The van der Waals surface area contributed by atoms with Crippen molar-refractivity contribution in [1.29, 1.82) is 0 Å². The van der Waals surface area contributed by atoms with Gasteiger partial charge in [-0.2, -0.15) is 0 Å². The summed E-state index contributed by atoms with van der Waals surface area (Å²) < 4.78 is 0. The summed E-state index contributed by atoms with van der Waals surface area (Å²) in [4.78, 5) is 13.0. The Hall–Kier alpha value is -3.15. The predicted octanol–water partition coefficient (Wildman–Crippen LogP) is 1.95. The molecule has 0 saturated carbocycles. The van der Waals surface area contributed by atoms with E-state index in [2.05, 4.69) is 15.0 Å². The Bertz CT molecular complexity index is 785. The standard InChI is InChI=1S/C15H14N6/c16-10-8-21-15(13(18)12(10)17)14-9(4-3-7-20-14)11-5-1-2-6-19-11/h1-8H,16,18H2,(H2,17,21). The minimum absolute atomic E-state index is 0.317. The van der Waals surface area contributed by atoms with Crippen LogP contribution in [-0.4, -0.2) is 15.0 Å². The van der Waals surface area contributed by atoms with Crippen LogP contribution in [0.25, 0.3) is 22.6 Å². The Labute approximate surface area is 121 Å². The maximum absolute atomic E-state index is 6.03. The van der Waals surface area contributed by atoms with Gasteiger partial charge in [-0.05, 0) is 24.3 Å². The van der Waals surface area contributed by atoms with Gasteiger partial charge in [0.25, 0.3) is 0 Å². The van der Waals surface area contributed by atoms with E-state index in [4.69, 9.17) is 17.2 Å². The smallest absolute Gasteiger partial charge is 0.114 e. The zero-order valence-electron chi connectivity index (χ0n) is 11.2. The summed E-state index contributed by atoms with van der Waals surface area (Å²) in [5.74, 6) is 0. The highest BCUT2D eigenvalue weighted by molar-refractivity contribution is 5.90. The summed E-state index contributed by atoms with van der Waals surface area (Å²) in [6.45, 7) is 0. The third-order valence-corrected chi connectivity index (χ3v) is 3.16. The fraction of sp³-hybridized carbons (Fsp3) is 0. The minimum atomic E-state index is 0.317. The van der Waals surface area contributed by atoms with Gasteiger partial charge in [-0.25, -0.2) is 0 Å². The highest BCUT2D eigenvalue weighted by Crippen LogP contribution is 2.35. The summed E-state index contributed by atoms with van der Waals surface area (Å²) in [6, 6.07) is 9.42. The number of hydrogen-bond donors (Lipinski definition) is 3. The number of rotatable bonds is 2. The number of nitrogens with two attached hydrogens (primary N) is 3. The summed E-state index contributed by atoms with van der Waals surface area (Å²) >= 11 is 0. The van der Waals surface area contributed by atoms with Crippen molar-refractivity contribution in [2.45, 2.75) is 0 Å². The molecule has 21 heavy (non-hydrogen) atoms. The summed E-state index contributed by atoms with van der Waals surface area (Å²) in [7, 11) is 0. The van der Waals surface area contributed by atoms with Crippen LogP contribution in [0.1, 0.15) is 0 Å². The second kappa shape index (κ2) is 5.09. The molecule has 3 rings (SSSR count). The van der Waals surface area contributed by atoms with Gasteiger partial charge in [0, 0.05) is 18.0 Å². The van der Waals surface area contributed by atoms with E-state index in [1.165, 1.54) is 6.20 Å². The van der Waals surface area contributed by atoms with Crippen molar-refractivity contribution in [3.63, 3.8) is 0 Å². The van der Waals surface area contributed by atoms with Gasteiger partial charge in [0.1, 0.15) is 11.4 Å². The van der Waals surface area contributed by atoms with E-state index < -0.39 is 0 Å². The number of anilines is 3. The van der Waals surface area contributed by atoms with E-state index >= 15 is 0 Å². The van der Waals surface area contributed by atoms with E-state index in [1.807, 2.05) is 30.3 Å². The first kappa shape index (κ1) is 12.9. The molecule has 104 valence electrons. The first-order chi connectivity index (χ1) is 10.2. The van der Waals surface area contributed by atoms with Gasteiger partial charge >= 0.3 is 0 Å².